The third kappa shape index (κ3) is 5.49. The van der Waals surface area contributed by atoms with Crippen LogP contribution in [0.15, 0.2) is 83.6 Å². The SMILES string of the molecule is CCC/C=C(/C(=C=C(C)C)c1ccccc1)C1CN(Cc2ccccc2)C(=O)O1. The molecule has 0 N–H and O–H groups in total. The third-order valence-corrected chi connectivity index (χ3v) is 4.83. The minimum Gasteiger partial charge on any atom is -0.439 e. The fourth-order valence-corrected chi connectivity index (χ4v) is 3.46. The highest BCUT2D eigenvalue weighted by Crippen LogP contribution is 2.31. The van der Waals surface area contributed by atoms with Crippen molar-refractivity contribution >= 4 is 11.7 Å². The molecule has 1 atom stereocenters. The molecule has 2 aromatic carbocycles. The van der Waals surface area contributed by atoms with Gasteiger partial charge in [0.2, 0.25) is 0 Å². The quantitative estimate of drug-likeness (QED) is 0.407. The third-order valence-electron chi connectivity index (χ3n) is 4.83. The number of nitrogens with zero attached hydrogens (tertiary/aromatic N) is 1. The molecule has 29 heavy (non-hydrogen) atoms. The summed E-state index contributed by atoms with van der Waals surface area (Å²) >= 11 is 0. The summed E-state index contributed by atoms with van der Waals surface area (Å²) in [5.41, 5.74) is 8.86. The first-order valence-corrected chi connectivity index (χ1v) is 10.3. The van der Waals surface area contributed by atoms with Crippen LogP contribution in [0, 0.1) is 0 Å². The van der Waals surface area contributed by atoms with Crippen LogP contribution < -0.4 is 0 Å². The van der Waals surface area contributed by atoms with Gasteiger partial charge in [0, 0.05) is 17.7 Å². The van der Waals surface area contributed by atoms with E-state index in [0.29, 0.717) is 13.1 Å². The zero-order valence-corrected chi connectivity index (χ0v) is 17.5. The molecule has 0 aromatic heterocycles. The van der Waals surface area contributed by atoms with E-state index >= 15 is 0 Å². The fourth-order valence-electron chi connectivity index (χ4n) is 3.46. The van der Waals surface area contributed by atoms with Crippen molar-refractivity contribution in [1.82, 2.24) is 4.90 Å². The predicted octanol–water partition coefficient (Wildman–Crippen LogP) is 6.38. The Balaban J connectivity index is 1.93. The van der Waals surface area contributed by atoms with Crippen LogP contribution in [0.4, 0.5) is 4.79 Å². The number of amides is 1. The van der Waals surface area contributed by atoms with Crippen LogP contribution in [0.3, 0.4) is 0 Å². The summed E-state index contributed by atoms with van der Waals surface area (Å²) in [6.45, 7) is 7.35. The van der Waals surface area contributed by atoms with Crippen LogP contribution in [0.1, 0.15) is 44.7 Å². The number of hydrogen-bond donors (Lipinski definition) is 0. The highest BCUT2D eigenvalue weighted by Gasteiger charge is 2.34. The molecule has 150 valence electrons. The molecule has 3 heteroatoms. The lowest BCUT2D eigenvalue weighted by molar-refractivity contribution is 0.143. The van der Waals surface area contributed by atoms with E-state index in [2.05, 4.69) is 30.9 Å². The van der Waals surface area contributed by atoms with Crippen molar-refractivity contribution in [3.05, 3.63) is 94.7 Å². The highest BCUT2D eigenvalue weighted by molar-refractivity contribution is 5.82. The van der Waals surface area contributed by atoms with Gasteiger partial charge in [-0.3, -0.25) is 4.90 Å². The van der Waals surface area contributed by atoms with Gasteiger partial charge in [-0.05, 0) is 37.0 Å². The van der Waals surface area contributed by atoms with E-state index in [1.54, 1.807) is 4.90 Å². The molecule has 0 saturated carbocycles. The van der Waals surface area contributed by atoms with Gasteiger partial charge >= 0.3 is 6.09 Å². The molecule has 1 amide bonds. The van der Waals surface area contributed by atoms with Gasteiger partial charge in [-0.1, -0.05) is 80.1 Å². The number of benzene rings is 2. The number of allylic oxidation sites excluding steroid dienone is 1. The smallest absolute Gasteiger partial charge is 0.410 e. The van der Waals surface area contributed by atoms with E-state index in [-0.39, 0.29) is 12.2 Å². The minimum atomic E-state index is -0.292. The minimum absolute atomic E-state index is 0.258. The second-order valence-corrected chi connectivity index (χ2v) is 7.55. The van der Waals surface area contributed by atoms with Gasteiger partial charge in [0.25, 0.3) is 0 Å². The highest BCUT2D eigenvalue weighted by atomic mass is 16.6. The standard InChI is InChI=1S/C26H29NO2/c1-4-5-16-23(24(17-20(2)3)22-14-10-7-11-15-22)25-19-27(26(28)29-25)18-21-12-8-6-9-13-21/h6-16,25H,4-5,18-19H2,1-3H3/b23-16-. The van der Waals surface area contributed by atoms with Gasteiger partial charge in [-0.2, -0.15) is 0 Å². The summed E-state index contributed by atoms with van der Waals surface area (Å²) in [7, 11) is 0. The molecule has 2 aromatic rings. The lowest BCUT2D eigenvalue weighted by Gasteiger charge is -2.17. The fraction of sp³-hybridized carbons (Fsp3) is 0.308. The number of rotatable bonds is 7. The van der Waals surface area contributed by atoms with E-state index in [1.807, 2.05) is 62.4 Å². The lowest BCUT2D eigenvalue weighted by atomic mass is 9.92. The first-order valence-electron chi connectivity index (χ1n) is 10.3. The Morgan fingerprint density at radius 2 is 1.76 bits per heavy atom. The maximum atomic E-state index is 12.6. The maximum absolute atomic E-state index is 12.6. The maximum Gasteiger partial charge on any atom is 0.410 e. The van der Waals surface area contributed by atoms with Gasteiger partial charge in [0.15, 0.2) is 0 Å². The normalized spacial score (nSPS) is 16.4. The number of ether oxygens (including phenoxy) is 1. The Bertz CT molecular complexity index is 918. The summed E-state index contributed by atoms with van der Waals surface area (Å²) < 4.78 is 5.84. The lowest BCUT2D eigenvalue weighted by Crippen LogP contribution is -2.25. The largest absolute Gasteiger partial charge is 0.439 e. The molecule has 1 heterocycles. The number of unbranched alkanes of at least 4 members (excludes halogenated alkanes) is 1. The Morgan fingerprint density at radius 1 is 1.10 bits per heavy atom. The van der Waals surface area contributed by atoms with Crippen molar-refractivity contribution in [2.45, 2.75) is 46.3 Å². The number of cyclic esters (lactones) is 1. The summed E-state index contributed by atoms with van der Waals surface area (Å²) in [5, 5.41) is 0. The summed E-state index contributed by atoms with van der Waals surface area (Å²) in [5.74, 6) is 0. The molecule has 1 unspecified atom stereocenters. The molecule has 1 aliphatic heterocycles. The average Bonchev–Trinajstić information content (AvgIpc) is 3.08. The van der Waals surface area contributed by atoms with Gasteiger partial charge in [0.05, 0.1) is 6.54 Å². The van der Waals surface area contributed by atoms with Gasteiger partial charge in [0.1, 0.15) is 6.10 Å². The number of hydrogen-bond acceptors (Lipinski definition) is 2. The Labute approximate surface area is 174 Å². The molecular formula is C26H29NO2. The van der Waals surface area contributed by atoms with Gasteiger partial charge < -0.3 is 4.74 Å². The molecule has 3 rings (SSSR count). The molecule has 1 fully saturated rings. The summed E-state index contributed by atoms with van der Waals surface area (Å²) in [6, 6.07) is 20.3. The second-order valence-electron chi connectivity index (χ2n) is 7.55. The van der Waals surface area contributed by atoms with Crippen molar-refractivity contribution in [3.8, 4) is 0 Å². The molecule has 0 spiro atoms. The monoisotopic (exact) mass is 387 g/mol. The number of carbonyl (C=O) groups excluding carboxylic acids is 1. The summed E-state index contributed by atoms with van der Waals surface area (Å²) in [4.78, 5) is 14.4. The average molecular weight is 388 g/mol. The van der Waals surface area contributed by atoms with Crippen molar-refractivity contribution in [1.29, 1.82) is 0 Å². The van der Waals surface area contributed by atoms with Crippen LogP contribution >= 0.6 is 0 Å². The molecule has 0 aliphatic carbocycles. The van der Waals surface area contributed by atoms with Crippen LogP contribution in [0.5, 0.6) is 0 Å². The van der Waals surface area contributed by atoms with Gasteiger partial charge in [-0.25, -0.2) is 4.79 Å². The first kappa shape index (κ1) is 20.7. The van der Waals surface area contributed by atoms with E-state index in [1.165, 1.54) is 0 Å². The van der Waals surface area contributed by atoms with Crippen LogP contribution in [0.25, 0.3) is 5.57 Å². The van der Waals surface area contributed by atoms with Crippen LogP contribution in [-0.2, 0) is 11.3 Å². The van der Waals surface area contributed by atoms with Gasteiger partial charge in [-0.15, -0.1) is 5.73 Å². The van der Waals surface area contributed by atoms with Crippen molar-refractivity contribution in [2.75, 3.05) is 6.54 Å². The van der Waals surface area contributed by atoms with Crippen molar-refractivity contribution in [2.24, 2.45) is 0 Å². The molecule has 1 aliphatic rings. The van der Waals surface area contributed by atoms with E-state index < -0.39 is 0 Å². The zero-order valence-electron chi connectivity index (χ0n) is 17.5. The predicted molar refractivity (Wildman–Crippen MR) is 118 cm³/mol. The molecule has 0 radical (unpaired) electrons. The second kappa shape index (κ2) is 9.95. The Kier molecular flexibility index (Phi) is 7.10. The molecule has 0 bridgehead atoms. The van der Waals surface area contributed by atoms with Crippen molar-refractivity contribution < 1.29 is 9.53 Å². The van der Waals surface area contributed by atoms with Crippen molar-refractivity contribution in [3.63, 3.8) is 0 Å². The van der Waals surface area contributed by atoms with E-state index in [0.717, 1.165) is 40.7 Å². The zero-order chi connectivity index (χ0) is 20.6. The van der Waals surface area contributed by atoms with E-state index in [4.69, 9.17) is 4.74 Å². The molecule has 3 nitrogen and oxygen atoms in total. The van der Waals surface area contributed by atoms with E-state index in [9.17, 15) is 4.79 Å². The molecule has 1 saturated heterocycles. The topological polar surface area (TPSA) is 29.5 Å². The molecular weight excluding hydrogens is 358 g/mol. The number of carbonyl (C=O) groups is 1. The summed E-state index contributed by atoms with van der Waals surface area (Å²) in [6.07, 6.45) is 3.63. The Morgan fingerprint density at radius 3 is 2.38 bits per heavy atom. The first-order chi connectivity index (χ1) is 14.1. The van der Waals surface area contributed by atoms with Crippen LogP contribution in [0.2, 0.25) is 0 Å². The van der Waals surface area contributed by atoms with Crippen LogP contribution in [-0.4, -0.2) is 23.6 Å². The Hall–Kier alpha value is -3.03.